The number of carbonyl (C=O) groups excluding carboxylic acids is 2. The molecule has 5 rings (SSSR count). The standard InChI is InChI=1S/C25H23N7O3/c1-14-3-5-17(6-4-14)20-12-27-30-25(28-20)32-24-23(15(2)31-32)19(11-22(34)29-24)16-7-9-18(10-8-16)35-13-21(26)33/h3-10,12,19H,11,13H2,1-2H3,(H2,26,33)(H,29,34). The first-order valence-corrected chi connectivity index (χ1v) is 11.1. The van der Waals surface area contributed by atoms with E-state index in [1.54, 1.807) is 18.3 Å². The maximum atomic E-state index is 12.7. The molecule has 0 bridgehead atoms. The van der Waals surface area contributed by atoms with Crippen LogP contribution in [0.25, 0.3) is 17.2 Å². The topological polar surface area (TPSA) is 138 Å². The van der Waals surface area contributed by atoms with Gasteiger partial charge in [-0.15, -0.1) is 5.10 Å². The molecule has 0 saturated carbocycles. The molecule has 3 N–H and O–H groups in total. The molecule has 4 aromatic rings. The van der Waals surface area contributed by atoms with Crippen LogP contribution in [0.15, 0.2) is 54.7 Å². The van der Waals surface area contributed by atoms with E-state index < -0.39 is 5.91 Å². The van der Waals surface area contributed by atoms with Gasteiger partial charge in [-0.1, -0.05) is 42.0 Å². The number of anilines is 1. The van der Waals surface area contributed by atoms with Gasteiger partial charge in [0.1, 0.15) is 11.6 Å². The summed E-state index contributed by atoms with van der Waals surface area (Å²) in [6.45, 7) is 3.71. The first-order chi connectivity index (χ1) is 16.9. The number of ether oxygens (including phenoxy) is 1. The van der Waals surface area contributed by atoms with Gasteiger partial charge in [0.2, 0.25) is 5.91 Å². The van der Waals surface area contributed by atoms with Crippen LogP contribution in [-0.2, 0) is 9.59 Å². The summed E-state index contributed by atoms with van der Waals surface area (Å²) in [5.74, 6) is 0.414. The van der Waals surface area contributed by atoms with Crippen molar-refractivity contribution < 1.29 is 14.3 Å². The molecular formula is C25H23N7O3. The minimum absolute atomic E-state index is 0.139. The number of nitrogens with one attached hydrogen (secondary N) is 1. The number of aromatic nitrogens is 5. The monoisotopic (exact) mass is 469 g/mol. The lowest BCUT2D eigenvalue weighted by atomic mass is 9.86. The SMILES string of the molecule is Cc1ccc(-c2cnnc(-n3nc(C)c4c3NC(=O)CC4c3ccc(OCC(N)=O)cc3)n2)cc1. The number of hydrogen-bond acceptors (Lipinski definition) is 7. The Bertz CT molecular complexity index is 1410. The molecule has 35 heavy (non-hydrogen) atoms. The van der Waals surface area contributed by atoms with Crippen LogP contribution in [0.5, 0.6) is 5.75 Å². The maximum Gasteiger partial charge on any atom is 0.272 e. The van der Waals surface area contributed by atoms with E-state index >= 15 is 0 Å². The summed E-state index contributed by atoms with van der Waals surface area (Å²) in [5.41, 5.74) is 10.4. The molecular weight excluding hydrogens is 446 g/mol. The van der Waals surface area contributed by atoms with Gasteiger partial charge < -0.3 is 15.8 Å². The van der Waals surface area contributed by atoms with Crippen molar-refractivity contribution in [2.45, 2.75) is 26.2 Å². The Morgan fingerprint density at radius 1 is 1.14 bits per heavy atom. The minimum atomic E-state index is -0.547. The number of hydrogen-bond donors (Lipinski definition) is 2. The molecule has 0 fully saturated rings. The second-order valence-corrected chi connectivity index (χ2v) is 8.40. The van der Waals surface area contributed by atoms with Crippen LogP contribution in [0.2, 0.25) is 0 Å². The summed E-state index contributed by atoms with van der Waals surface area (Å²) in [6, 6.07) is 15.2. The summed E-state index contributed by atoms with van der Waals surface area (Å²) in [5, 5.41) is 15.9. The fraction of sp³-hybridized carbons (Fsp3) is 0.200. The normalized spacial score (nSPS) is 14.8. The van der Waals surface area contributed by atoms with Crippen molar-refractivity contribution in [3.05, 3.63) is 77.1 Å². The van der Waals surface area contributed by atoms with E-state index in [1.807, 2.05) is 50.2 Å². The molecule has 2 amide bonds. The molecule has 1 unspecified atom stereocenters. The van der Waals surface area contributed by atoms with Crippen LogP contribution in [-0.4, -0.2) is 43.4 Å². The number of primary amides is 1. The number of benzene rings is 2. The van der Waals surface area contributed by atoms with Gasteiger partial charge in [0.25, 0.3) is 11.9 Å². The van der Waals surface area contributed by atoms with Crippen molar-refractivity contribution in [1.82, 2.24) is 25.0 Å². The second-order valence-electron chi connectivity index (χ2n) is 8.40. The van der Waals surface area contributed by atoms with Crippen LogP contribution in [0.1, 0.15) is 34.7 Å². The number of amides is 2. The molecule has 0 spiro atoms. The first-order valence-electron chi connectivity index (χ1n) is 11.1. The Morgan fingerprint density at radius 2 is 1.89 bits per heavy atom. The molecule has 10 heteroatoms. The van der Waals surface area contributed by atoms with Crippen molar-refractivity contribution in [1.29, 1.82) is 0 Å². The van der Waals surface area contributed by atoms with E-state index in [1.165, 1.54) is 4.68 Å². The molecule has 0 saturated heterocycles. The van der Waals surface area contributed by atoms with Crippen LogP contribution in [0, 0.1) is 13.8 Å². The smallest absolute Gasteiger partial charge is 0.272 e. The third-order valence-electron chi connectivity index (χ3n) is 5.85. The fourth-order valence-corrected chi connectivity index (χ4v) is 4.17. The van der Waals surface area contributed by atoms with E-state index in [2.05, 4.69) is 25.6 Å². The van der Waals surface area contributed by atoms with Gasteiger partial charge in [-0.25, -0.2) is 4.98 Å². The van der Waals surface area contributed by atoms with E-state index in [9.17, 15) is 9.59 Å². The van der Waals surface area contributed by atoms with Crippen molar-refractivity contribution in [3.63, 3.8) is 0 Å². The van der Waals surface area contributed by atoms with Crippen molar-refractivity contribution in [2.75, 3.05) is 11.9 Å². The molecule has 2 aromatic carbocycles. The highest BCUT2D eigenvalue weighted by Crippen LogP contribution is 2.40. The first kappa shape index (κ1) is 22.2. The predicted molar refractivity (Wildman–Crippen MR) is 128 cm³/mol. The van der Waals surface area contributed by atoms with Crippen LogP contribution in [0.3, 0.4) is 0 Å². The zero-order valence-electron chi connectivity index (χ0n) is 19.2. The fourth-order valence-electron chi connectivity index (χ4n) is 4.17. The predicted octanol–water partition coefficient (Wildman–Crippen LogP) is 2.68. The molecule has 0 aliphatic carbocycles. The number of nitrogens with two attached hydrogens (primary N) is 1. The molecule has 1 atom stereocenters. The number of fused-ring (bicyclic) bond motifs is 1. The van der Waals surface area contributed by atoms with Gasteiger partial charge in [0.15, 0.2) is 6.61 Å². The Kier molecular flexibility index (Phi) is 5.69. The number of aryl methyl sites for hydroxylation is 2. The average Bonchev–Trinajstić information content (AvgIpc) is 3.19. The number of carbonyl (C=O) groups is 2. The summed E-state index contributed by atoms with van der Waals surface area (Å²) in [6.07, 6.45) is 1.86. The lowest BCUT2D eigenvalue weighted by Crippen LogP contribution is -2.25. The van der Waals surface area contributed by atoms with E-state index in [0.717, 1.165) is 27.9 Å². The van der Waals surface area contributed by atoms with Crippen LogP contribution >= 0.6 is 0 Å². The van der Waals surface area contributed by atoms with E-state index in [0.29, 0.717) is 17.3 Å². The Hall–Kier alpha value is -4.60. The molecule has 176 valence electrons. The maximum absolute atomic E-state index is 12.7. The van der Waals surface area contributed by atoms with Crippen LogP contribution < -0.4 is 15.8 Å². The minimum Gasteiger partial charge on any atom is -0.484 e. The van der Waals surface area contributed by atoms with Gasteiger partial charge in [-0.05, 0) is 31.5 Å². The van der Waals surface area contributed by atoms with Gasteiger partial charge in [-0.2, -0.15) is 14.9 Å². The lowest BCUT2D eigenvalue weighted by molar-refractivity contribution is -0.120. The van der Waals surface area contributed by atoms with E-state index in [4.69, 9.17) is 10.5 Å². The highest BCUT2D eigenvalue weighted by molar-refractivity contribution is 5.95. The Balaban J connectivity index is 1.51. The highest BCUT2D eigenvalue weighted by atomic mass is 16.5. The molecule has 1 aliphatic heterocycles. The molecule has 0 radical (unpaired) electrons. The van der Waals surface area contributed by atoms with Gasteiger partial charge in [0.05, 0.1) is 17.6 Å². The average molecular weight is 470 g/mol. The third kappa shape index (κ3) is 4.45. The van der Waals surface area contributed by atoms with E-state index in [-0.39, 0.29) is 30.8 Å². The summed E-state index contributed by atoms with van der Waals surface area (Å²) in [4.78, 5) is 28.3. The van der Waals surface area contributed by atoms with Gasteiger partial charge in [-0.3, -0.25) is 9.59 Å². The molecule has 2 aromatic heterocycles. The Labute approximate surface area is 201 Å². The lowest BCUT2D eigenvalue weighted by Gasteiger charge is -2.24. The van der Waals surface area contributed by atoms with Crippen molar-refractivity contribution in [2.24, 2.45) is 5.73 Å². The zero-order chi connectivity index (χ0) is 24.5. The summed E-state index contributed by atoms with van der Waals surface area (Å²) >= 11 is 0. The molecule has 10 nitrogen and oxygen atoms in total. The number of rotatable bonds is 6. The molecule has 1 aliphatic rings. The highest BCUT2D eigenvalue weighted by Gasteiger charge is 2.33. The summed E-state index contributed by atoms with van der Waals surface area (Å²) in [7, 11) is 0. The van der Waals surface area contributed by atoms with Crippen LogP contribution in [0.4, 0.5) is 5.82 Å². The van der Waals surface area contributed by atoms with Crippen molar-refractivity contribution in [3.8, 4) is 23.0 Å². The Morgan fingerprint density at radius 3 is 2.60 bits per heavy atom. The van der Waals surface area contributed by atoms with Gasteiger partial charge in [0, 0.05) is 23.5 Å². The number of nitrogens with zero attached hydrogens (tertiary/aromatic N) is 5. The third-order valence-corrected chi connectivity index (χ3v) is 5.85. The zero-order valence-corrected chi connectivity index (χ0v) is 19.2. The second kappa shape index (κ2) is 8.98. The quantitative estimate of drug-likeness (QED) is 0.443. The largest absolute Gasteiger partial charge is 0.484 e. The molecule has 3 heterocycles. The van der Waals surface area contributed by atoms with Gasteiger partial charge >= 0.3 is 0 Å². The van der Waals surface area contributed by atoms with Crippen molar-refractivity contribution >= 4 is 17.6 Å². The summed E-state index contributed by atoms with van der Waals surface area (Å²) < 4.78 is 6.88.